The van der Waals surface area contributed by atoms with E-state index in [9.17, 15) is 0 Å². The van der Waals surface area contributed by atoms with Crippen molar-refractivity contribution in [3.05, 3.63) is 42.0 Å². The third-order valence-corrected chi connectivity index (χ3v) is 2.87. The minimum atomic E-state index is 0.388. The van der Waals surface area contributed by atoms with E-state index in [1.54, 1.807) is 0 Å². The molecule has 0 N–H and O–H groups in total. The van der Waals surface area contributed by atoms with Crippen molar-refractivity contribution in [2.45, 2.75) is 47.0 Å². The Kier molecular flexibility index (Phi) is 3.96. The largest absolute Gasteiger partial charge is 0.0955 e. The first-order chi connectivity index (χ1) is 7.29. The van der Waals surface area contributed by atoms with Crippen molar-refractivity contribution >= 4 is 5.57 Å². The van der Waals surface area contributed by atoms with Crippen molar-refractivity contribution in [2.24, 2.45) is 5.41 Å². The zero-order valence-corrected chi connectivity index (χ0v) is 11.3. The van der Waals surface area contributed by atoms with Gasteiger partial charge in [-0.15, -0.1) is 0 Å². The van der Waals surface area contributed by atoms with Gasteiger partial charge in [0.25, 0.3) is 0 Å². The van der Waals surface area contributed by atoms with E-state index in [0.29, 0.717) is 11.3 Å². The molecule has 0 aliphatic rings. The van der Waals surface area contributed by atoms with Crippen LogP contribution in [0.15, 0.2) is 30.8 Å². The van der Waals surface area contributed by atoms with E-state index in [-0.39, 0.29) is 0 Å². The Balaban J connectivity index is 2.87. The molecule has 88 valence electrons. The van der Waals surface area contributed by atoms with Gasteiger partial charge in [-0.25, -0.2) is 0 Å². The molecule has 0 aromatic heterocycles. The summed E-state index contributed by atoms with van der Waals surface area (Å²) in [4.78, 5) is 0. The van der Waals surface area contributed by atoms with Crippen LogP contribution in [0.5, 0.6) is 0 Å². The molecule has 0 nitrogen and oxygen atoms in total. The van der Waals surface area contributed by atoms with Crippen LogP contribution in [-0.4, -0.2) is 0 Å². The SMILES string of the molecule is C=C(C)c1cccc(C(C)CC(C)(C)C)c1. The topological polar surface area (TPSA) is 0 Å². The molecule has 1 atom stereocenters. The number of hydrogen-bond acceptors (Lipinski definition) is 0. The van der Waals surface area contributed by atoms with Crippen LogP contribution in [0.2, 0.25) is 0 Å². The summed E-state index contributed by atoms with van der Waals surface area (Å²) in [6.45, 7) is 15.3. The highest BCUT2D eigenvalue weighted by atomic mass is 14.2. The minimum Gasteiger partial charge on any atom is -0.0955 e. The van der Waals surface area contributed by atoms with Crippen LogP contribution in [-0.2, 0) is 0 Å². The molecule has 0 bridgehead atoms. The standard InChI is InChI=1S/C16H24/c1-12(2)14-8-7-9-15(10-14)13(3)11-16(4,5)6/h7-10,13H,1,11H2,2-6H3. The van der Waals surface area contributed by atoms with Crippen LogP contribution >= 0.6 is 0 Å². The second-order valence-electron chi connectivity index (χ2n) is 6.07. The Morgan fingerprint density at radius 2 is 1.94 bits per heavy atom. The van der Waals surface area contributed by atoms with E-state index in [1.165, 1.54) is 17.5 Å². The lowest BCUT2D eigenvalue weighted by Gasteiger charge is -2.23. The summed E-state index contributed by atoms with van der Waals surface area (Å²) in [5, 5.41) is 0. The molecular formula is C16H24. The molecule has 0 aliphatic heterocycles. The predicted octanol–water partition coefficient (Wildman–Crippen LogP) is 5.26. The van der Waals surface area contributed by atoms with Crippen LogP contribution in [0.3, 0.4) is 0 Å². The van der Waals surface area contributed by atoms with Crippen LogP contribution in [0, 0.1) is 5.41 Å². The zero-order chi connectivity index (χ0) is 12.3. The fraction of sp³-hybridized carbons (Fsp3) is 0.500. The number of allylic oxidation sites excluding steroid dienone is 1. The highest BCUT2D eigenvalue weighted by molar-refractivity contribution is 5.61. The maximum absolute atomic E-state index is 4.00. The molecule has 0 saturated carbocycles. The van der Waals surface area contributed by atoms with Crippen molar-refractivity contribution in [3.8, 4) is 0 Å². The summed E-state index contributed by atoms with van der Waals surface area (Å²) in [6, 6.07) is 8.77. The second-order valence-corrected chi connectivity index (χ2v) is 6.07. The quantitative estimate of drug-likeness (QED) is 0.646. The summed E-state index contributed by atoms with van der Waals surface area (Å²) in [6.07, 6.45) is 1.21. The summed E-state index contributed by atoms with van der Waals surface area (Å²) < 4.78 is 0. The summed E-state index contributed by atoms with van der Waals surface area (Å²) >= 11 is 0. The van der Waals surface area contributed by atoms with Gasteiger partial charge in [0.2, 0.25) is 0 Å². The van der Waals surface area contributed by atoms with Gasteiger partial charge in [0.05, 0.1) is 0 Å². The van der Waals surface area contributed by atoms with Crippen LogP contribution in [0.25, 0.3) is 5.57 Å². The van der Waals surface area contributed by atoms with E-state index in [0.717, 1.165) is 5.57 Å². The van der Waals surface area contributed by atoms with E-state index < -0.39 is 0 Å². The first kappa shape index (κ1) is 13.0. The van der Waals surface area contributed by atoms with Crippen molar-refractivity contribution in [2.75, 3.05) is 0 Å². The zero-order valence-electron chi connectivity index (χ0n) is 11.3. The van der Waals surface area contributed by atoms with Crippen LogP contribution in [0.1, 0.15) is 58.1 Å². The van der Waals surface area contributed by atoms with Crippen molar-refractivity contribution in [1.29, 1.82) is 0 Å². The summed E-state index contributed by atoms with van der Waals surface area (Å²) in [5.74, 6) is 0.610. The van der Waals surface area contributed by atoms with Crippen LogP contribution in [0.4, 0.5) is 0 Å². The van der Waals surface area contributed by atoms with Crippen molar-refractivity contribution < 1.29 is 0 Å². The van der Waals surface area contributed by atoms with Gasteiger partial charge < -0.3 is 0 Å². The average molecular weight is 216 g/mol. The Morgan fingerprint density at radius 3 is 2.44 bits per heavy atom. The molecule has 1 unspecified atom stereocenters. The number of benzene rings is 1. The molecule has 1 rings (SSSR count). The van der Waals surface area contributed by atoms with Gasteiger partial charge in [-0.2, -0.15) is 0 Å². The van der Waals surface area contributed by atoms with E-state index in [2.05, 4.69) is 65.5 Å². The predicted molar refractivity (Wildman–Crippen MR) is 73.6 cm³/mol. The lowest BCUT2D eigenvalue weighted by atomic mass is 9.82. The lowest BCUT2D eigenvalue weighted by Crippen LogP contribution is -2.09. The molecule has 1 aromatic carbocycles. The van der Waals surface area contributed by atoms with Gasteiger partial charge in [0, 0.05) is 0 Å². The summed E-state index contributed by atoms with van der Waals surface area (Å²) in [7, 11) is 0. The van der Waals surface area contributed by atoms with E-state index in [1.807, 2.05) is 0 Å². The van der Waals surface area contributed by atoms with Gasteiger partial charge in [-0.1, -0.05) is 64.1 Å². The monoisotopic (exact) mass is 216 g/mol. The van der Waals surface area contributed by atoms with Crippen molar-refractivity contribution in [3.63, 3.8) is 0 Å². The van der Waals surface area contributed by atoms with E-state index in [4.69, 9.17) is 0 Å². The van der Waals surface area contributed by atoms with Gasteiger partial charge in [-0.05, 0) is 35.8 Å². The second kappa shape index (κ2) is 4.86. The fourth-order valence-electron chi connectivity index (χ4n) is 2.15. The molecule has 1 aromatic rings. The molecule has 0 heterocycles. The molecule has 0 radical (unpaired) electrons. The number of hydrogen-bond donors (Lipinski definition) is 0. The maximum atomic E-state index is 4.00. The van der Waals surface area contributed by atoms with Gasteiger partial charge in [-0.3, -0.25) is 0 Å². The Labute approximate surface area is 100 Å². The third kappa shape index (κ3) is 3.84. The highest BCUT2D eigenvalue weighted by Crippen LogP contribution is 2.31. The van der Waals surface area contributed by atoms with Crippen molar-refractivity contribution in [1.82, 2.24) is 0 Å². The Morgan fingerprint density at radius 1 is 1.31 bits per heavy atom. The van der Waals surface area contributed by atoms with Gasteiger partial charge in [0.1, 0.15) is 0 Å². The Bertz CT molecular complexity index is 366. The first-order valence-electron chi connectivity index (χ1n) is 6.05. The van der Waals surface area contributed by atoms with Crippen LogP contribution < -0.4 is 0 Å². The smallest absolute Gasteiger partial charge is 0.0185 e. The molecule has 0 aliphatic carbocycles. The number of rotatable bonds is 3. The van der Waals surface area contributed by atoms with E-state index >= 15 is 0 Å². The molecule has 0 saturated heterocycles. The first-order valence-corrected chi connectivity index (χ1v) is 6.05. The Hall–Kier alpha value is -1.04. The lowest BCUT2D eigenvalue weighted by molar-refractivity contribution is 0.349. The van der Waals surface area contributed by atoms with Gasteiger partial charge >= 0.3 is 0 Å². The third-order valence-electron chi connectivity index (χ3n) is 2.87. The molecule has 0 spiro atoms. The molecule has 0 fully saturated rings. The summed E-state index contributed by atoms with van der Waals surface area (Å²) in [5.41, 5.74) is 4.22. The average Bonchev–Trinajstić information content (AvgIpc) is 2.15. The molecule has 0 amide bonds. The highest BCUT2D eigenvalue weighted by Gasteiger charge is 2.16. The minimum absolute atomic E-state index is 0.388. The van der Waals surface area contributed by atoms with Gasteiger partial charge in [0.15, 0.2) is 0 Å². The maximum Gasteiger partial charge on any atom is -0.0185 e. The normalized spacial score (nSPS) is 13.6. The molecular weight excluding hydrogens is 192 g/mol. The fourth-order valence-corrected chi connectivity index (χ4v) is 2.15. The molecule has 16 heavy (non-hydrogen) atoms. The molecule has 0 heteroatoms.